The summed E-state index contributed by atoms with van der Waals surface area (Å²) in [6.45, 7) is 7.69. The molecule has 2 atom stereocenters. The van der Waals surface area contributed by atoms with Gasteiger partial charge in [0.15, 0.2) is 0 Å². The summed E-state index contributed by atoms with van der Waals surface area (Å²) in [7, 11) is 0. The first-order valence-corrected chi connectivity index (χ1v) is 12.5. The van der Waals surface area contributed by atoms with Gasteiger partial charge in [-0.05, 0) is 50.4 Å². The first kappa shape index (κ1) is 23.7. The summed E-state index contributed by atoms with van der Waals surface area (Å²) in [5.74, 6) is 0.160. The fraction of sp³-hybridized carbons (Fsp3) is 0.464. The number of nitrogens with one attached hydrogen (secondary N) is 2. The first-order chi connectivity index (χ1) is 16.2. The van der Waals surface area contributed by atoms with Crippen molar-refractivity contribution in [1.82, 2.24) is 20.4 Å². The van der Waals surface area contributed by atoms with Crippen LogP contribution in [0.4, 0.5) is 0 Å². The Labute approximate surface area is 198 Å². The smallest absolute Gasteiger partial charge is 0.237 e. The minimum Gasteiger partial charge on any atom is -0.355 e. The second-order valence-electron chi connectivity index (χ2n) is 9.31. The highest BCUT2D eigenvalue weighted by molar-refractivity contribution is 5.82. The predicted molar refractivity (Wildman–Crippen MR) is 136 cm³/mol. The lowest BCUT2D eigenvalue weighted by Crippen LogP contribution is -2.46. The van der Waals surface area contributed by atoms with Crippen molar-refractivity contribution in [2.24, 2.45) is 0 Å². The molecule has 176 valence electrons. The van der Waals surface area contributed by atoms with E-state index in [9.17, 15) is 4.79 Å². The molecule has 2 N–H and O–H groups in total. The third-order valence-electron chi connectivity index (χ3n) is 6.81. The molecule has 2 aliphatic rings. The number of benzene rings is 2. The van der Waals surface area contributed by atoms with Crippen molar-refractivity contribution in [3.8, 4) is 0 Å². The molecule has 1 amide bonds. The van der Waals surface area contributed by atoms with Crippen molar-refractivity contribution in [2.75, 3.05) is 32.7 Å². The number of carbonyl (C=O) groups excluding carboxylic acids is 1. The van der Waals surface area contributed by atoms with Crippen LogP contribution in [0.25, 0.3) is 6.08 Å². The van der Waals surface area contributed by atoms with Crippen LogP contribution in [-0.2, 0) is 11.3 Å². The zero-order valence-electron chi connectivity index (χ0n) is 19.8. The van der Waals surface area contributed by atoms with E-state index in [0.29, 0.717) is 18.6 Å². The minimum atomic E-state index is -0.0546. The molecule has 2 aromatic carbocycles. The molecule has 0 aromatic heterocycles. The standard InChI is InChI=1S/C28H38N4O/c1-2-29-28(33)27-20-26(22-32(27)17-9-14-23-10-5-3-6-11-23)30-25-15-18-31(19-16-25)21-24-12-7-4-8-13-24/h3-14,25-27,30H,2,15-22H2,1H3,(H,29,33)/b14-9+/t26-,27-/m0/s1. The number of hydrogen-bond acceptors (Lipinski definition) is 4. The van der Waals surface area contributed by atoms with Gasteiger partial charge in [-0.2, -0.15) is 0 Å². The largest absolute Gasteiger partial charge is 0.355 e. The molecule has 2 fully saturated rings. The highest BCUT2D eigenvalue weighted by Gasteiger charge is 2.37. The topological polar surface area (TPSA) is 47.6 Å². The van der Waals surface area contributed by atoms with E-state index in [1.54, 1.807) is 0 Å². The second-order valence-corrected chi connectivity index (χ2v) is 9.31. The maximum Gasteiger partial charge on any atom is 0.237 e. The summed E-state index contributed by atoms with van der Waals surface area (Å²) in [6, 6.07) is 22.0. The van der Waals surface area contributed by atoms with Crippen molar-refractivity contribution < 1.29 is 4.79 Å². The second kappa shape index (κ2) is 12.1. The number of rotatable bonds is 9. The third kappa shape index (κ3) is 7.00. The van der Waals surface area contributed by atoms with Crippen LogP contribution in [0.1, 0.15) is 37.3 Å². The lowest BCUT2D eigenvalue weighted by molar-refractivity contribution is -0.125. The van der Waals surface area contributed by atoms with Crippen LogP contribution in [0.5, 0.6) is 0 Å². The van der Waals surface area contributed by atoms with Crippen LogP contribution in [0.2, 0.25) is 0 Å². The van der Waals surface area contributed by atoms with Crippen molar-refractivity contribution >= 4 is 12.0 Å². The Bertz CT molecular complexity index is 877. The molecule has 2 aromatic rings. The Hall–Kier alpha value is -2.47. The lowest BCUT2D eigenvalue weighted by Gasteiger charge is -2.34. The molecule has 0 saturated carbocycles. The normalized spacial score (nSPS) is 22.7. The monoisotopic (exact) mass is 446 g/mol. The van der Waals surface area contributed by atoms with E-state index in [0.717, 1.165) is 39.1 Å². The SMILES string of the molecule is CCNC(=O)[C@@H]1C[C@H](NC2CCN(Cc3ccccc3)CC2)CN1C/C=C/c1ccccc1. The van der Waals surface area contributed by atoms with Crippen LogP contribution in [0.15, 0.2) is 66.7 Å². The van der Waals surface area contributed by atoms with Crippen molar-refractivity contribution in [1.29, 1.82) is 0 Å². The number of piperidine rings is 1. The van der Waals surface area contributed by atoms with Gasteiger partial charge in [0.2, 0.25) is 5.91 Å². The molecule has 4 rings (SSSR count). The van der Waals surface area contributed by atoms with Gasteiger partial charge in [0, 0.05) is 38.3 Å². The van der Waals surface area contributed by atoms with E-state index in [4.69, 9.17) is 0 Å². The van der Waals surface area contributed by atoms with Crippen LogP contribution in [0, 0.1) is 0 Å². The van der Waals surface area contributed by atoms with E-state index < -0.39 is 0 Å². The third-order valence-corrected chi connectivity index (χ3v) is 6.81. The summed E-state index contributed by atoms with van der Waals surface area (Å²) in [5, 5.41) is 6.93. The highest BCUT2D eigenvalue weighted by Crippen LogP contribution is 2.21. The molecule has 0 radical (unpaired) electrons. The molecule has 5 nitrogen and oxygen atoms in total. The van der Waals surface area contributed by atoms with Gasteiger partial charge in [-0.1, -0.05) is 72.8 Å². The molecule has 2 saturated heterocycles. The van der Waals surface area contributed by atoms with E-state index in [-0.39, 0.29) is 11.9 Å². The molecule has 5 heteroatoms. The van der Waals surface area contributed by atoms with Gasteiger partial charge in [0.1, 0.15) is 0 Å². The number of likely N-dealkylation sites (N-methyl/N-ethyl adjacent to an activating group) is 1. The maximum absolute atomic E-state index is 12.7. The Morgan fingerprint density at radius 1 is 1.00 bits per heavy atom. The molecular formula is C28H38N4O. The molecule has 0 bridgehead atoms. The summed E-state index contributed by atoms with van der Waals surface area (Å²) in [4.78, 5) is 17.6. The van der Waals surface area contributed by atoms with Gasteiger partial charge < -0.3 is 10.6 Å². The Morgan fingerprint density at radius 2 is 1.70 bits per heavy atom. The molecule has 0 aliphatic carbocycles. The van der Waals surface area contributed by atoms with Crippen LogP contribution in [-0.4, -0.2) is 66.6 Å². The van der Waals surface area contributed by atoms with Crippen LogP contribution in [0.3, 0.4) is 0 Å². The van der Waals surface area contributed by atoms with E-state index in [2.05, 4.69) is 87.2 Å². The van der Waals surface area contributed by atoms with Gasteiger partial charge in [-0.25, -0.2) is 0 Å². The van der Waals surface area contributed by atoms with Crippen LogP contribution < -0.4 is 10.6 Å². The molecule has 2 aliphatic heterocycles. The summed E-state index contributed by atoms with van der Waals surface area (Å²) in [5.41, 5.74) is 2.59. The van der Waals surface area contributed by atoms with Gasteiger partial charge in [-0.15, -0.1) is 0 Å². The number of hydrogen-bond donors (Lipinski definition) is 2. The number of nitrogens with zero attached hydrogens (tertiary/aromatic N) is 2. The maximum atomic E-state index is 12.7. The molecule has 0 spiro atoms. The minimum absolute atomic E-state index is 0.0546. The Kier molecular flexibility index (Phi) is 8.70. The number of carbonyl (C=O) groups is 1. The van der Waals surface area contributed by atoms with Crippen molar-refractivity contribution in [3.05, 3.63) is 77.9 Å². The average Bonchev–Trinajstić information content (AvgIpc) is 3.24. The van der Waals surface area contributed by atoms with Crippen molar-refractivity contribution in [2.45, 2.75) is 50.9 Å². The molecule has 2 heterocycles. The molecule has 0 unspecified atom stereocenters. The summed E-state index contributed by atoms with van der Waals surface area (Å²) < 4.78 is 0. The average molecular weight is 447 g/mol. The fourth-order valence-electron chi connectivity index (χ4n) is 5.11. The first-order valence-electron chi connectivity index (χ1n) is 12.5. The fourth-order valence-corrected chi connectivity index (χ4v) is 5.11. The van der Waals surface area contributed by atoms with Gasteiger partial charge >= 0.3 is 0 Å². The quantitative estimate of drug-likeness (QED) is 0.619. The summed E-state index contributed by atoms with van der Waals surface area (Å²) >= 11 is 0. The Balaban J connectivity index is 1.28. The number of amides is 1. The summed E-state index contributed by atoms with van der Waals surface area (Å²) in [6.07, 6.45) is 7.56. The van der Waals surface area contributed by atoms with Crippen LogP contribution >= 0.6 is 0 Å². The van der Waals surface area contributed by atoms with E-state index in [1.807, 2.05) is 13.0 Å². The number of likely N-dealkylation sites (tertiary alicyclic amines) is 2. The predicted octanol–water partition coefficient (Wildman–Crippen LogP) is 3.53. The van der Waals surface area contributed by atoms with E-state index >= 15 is 0 Å². The molecular weight excluding hydrogens is 408 g/mol. The molecule has 33 heavy (non-hydrogen) atoms. The zero-order valence-corrected chi connectivity index (χ0v) is 19.8. The zero-order chi connectivity index (χ0) is 22.9. The highest BCUT2D eigenvalue weighted by atomic mass is 16.2. The Morgan fingerprint density at radius 3 is 2.39 bits per heavy atom. The van der Waals surface area contributed by atoms with Gasteiger partial charge in [0.25, 0.3) is 0 Å². The van der Waals surface area contributed by atoms with Gasteiger partial charge in [-0.3, -0.25) is 14.6 Å². The van der Waals surface area contributed by atoms with Gasteiger partial charge in [0.05, 0.1) is 6.04 Å². The lowest BCUT2D eigenvalue weighted by atomic mass is 10.0. The van der Waals surface area contributed by atoms with Crippen molar-refractivity contribution in [3.63, 3.8) is 0 Å². The van der Waals surface area contributed by atoms with E-state index in [1.165, 1.54) is 24.0 Å².